The molecule has 0 bridgehead atoms. The largest absolute Gasteiger partial charge is 0.367 e. The summed E-state index contributed by atoms with van der Waals surface area (Å²) in [7, 11) is 2.16. The zero-order chi connectivity index (χ0) is 23.7. The number of rotatable bonds is 5. The van der Waals surface area contributed by atoms with Gasteiger partial charge in [0.25, 0.3) is 5.91 Å². The number of benzene rings is 1. The van der Waals surface area contributed by atoms with E-state index in [2.05, 4.69) is 49.7 Å². The summed E-state index contributed by atoms with van der Waals surface area (Å²) < 4.78 is 0. The standard InChI is InChI=1S/C24H26N8OS/c1-14-12-18(8-11-32(14)3)26-21-19-5-4-17(23-31-30-15(2)34-23)13-20(19)27-24(28-21)29-22(33)16-6-9-25-10-7-16/h4-7,9-10,13-14,18H,8,11-12H2,1-3H3,(H2,26,27,28,29,33). The summed E-state index contributed by atoms with van der Waals surface area (Å²) in [5.41, 5.74) is 2.16. The molecule has 2 N–H and O–H groups in total. The van der Waals surface area contributed by atoms with E-state index < -0.39 is 0 Å². The number of fused-ring (bicyclic) bond motifs is 1. The van der Waals surface area contributed by atoms with Gasteiger partial charge in [-0.1, -0.05) is 17.4 Å². The van der Waals surface area contributed by atoms with Gasteiger partial charge in [0.2, 0.25) is 5.95 Å². The maximum absolute atomic E-state index is 12.8. The average Bonchev–Trinajstić information content (AvgIpc) is 3.28. The van der Waals surface area contributed by atoms with E-state index in [0.717, 1.165) is 51.7 Å². The second kappa shape index (κ2) is 9.40. The molecule has 4 heterocycles. The molecule has 0 radical (unpaired) electrons. The first-order valence-corrected chi connectivity index (χ1v) is 12.1. The van der Waals surface area contributed by atoms with Crippen molar-refractivity contribution in [3.8, 4) is 10.6 Å². The van der Waals surface area contributed by atoms with Crippen molar-refractivity contribution in [1.29, 1.82) is 0 Å². The van der Waals surface area contributed by atoms with Crippen LogP contribution in [0.1, 0.15) is 35.1 Å². The first-order valence-electron chi connectivity index (χ1n) is 11.3. The number of aromatic nitrogens is 5. The van der Waals surface area contributed by atoms with Crippen molar-refractivity contribution in [2.45, 2.75) is 38.8 Å². The van der Waals surface area contributed by atoms with Gasteiger partial charge >= 0.3 is 0 Å². The van der Waals surface area contributed by atoms with E-state index in [4.69, 9.17) is 4.98 Å². The van der Waals surface area contributed by atoms with Crippen molar-refractivity contribution in [1.82, 2.24) is 30.0 Å². The maximum atomic E-state index is 12.8. The number of hydrogen-bond acceptors (Lipinski definition) is 9. The maximum Gasteiger partial charge on any atom is 0.258 e. The molecule has 174 valence electrons. The third-order valence-electron chi connectivity index (χ3n) is 6.19. The summed E-state index contributed by atoms with van der Waals surface area (Å²) in [6.07, 6.45) is 5.21. The van der Waals surface area contributed by atoms with E-state index in [1.807, 2.05) is 25.1 Å². The highest BCUT2D eigenvalue weighted by Crippen LogP contribution is 2.31. The van der Waals surface area contributed by atoms with Crippen molar-refractivity contribution in [3.05, 3.63) is 53.3 Å². The number of aryl methyl sites for hydroxylation is 1. The molecule has 0 spiro atoms. The Morgan fingerprint density at radius 1 is 1.15 bits per heavy atom. The average molecular weight is 475 g/mol. The van der Waals surface area contributed by atoms with Crippen LogP contribution in [-0.2, 0) is 0 Å². The van der Waals surface area contributed by atoms with Crippen molar-refractivity contribution >= 4 is 39.9 Å². The normalized spacial score (nSPS) is 18.7. The van der Waals surface area contributed by atoms with Gasteiger partial charge in [0.05, 0.1) is 5.52 Å². The predicted molar refractivity (Wildman–Crippen MR) is 134 cm³/mol. The summed E-state index contributed by atoms with van der Waals surface area (Å²) in [6.45, 7) is 5.19. The van der Waals surface area contributed by atoms with E-state index in [1.54, 1.807) is 24.5 Å². The molecule has 1 aliphatic rings. The third kappa shape index (κ3) is 4.73. The highest BCUT2D eigenvalue weighted by Gasteiger charge is 2.24. The van der Waals surface area contributed by atoms with Gasteiger partial charge in [-0.3, -0.25) is 15.1 Å². The van der Waals surface area contributed by atoms with Crippen LogP contribution in [0, 0.1) is 6.92 Å². The summed E-state index contributed by atoms with van der Waals surface area (Å²) in [4.78, 5) is 28.5. The lowest BCUT2D eigenvalue weighted by Gasteiger charge is -2.35. The molecule has 1 aliphatic heterocycles. The van der Waals surface area contributed by atoms with Gasteiger partial charge in [-0.25, -0.2) is 4.98 Å². The highest BCUT2D eigenvalue weighted by molar-refractivity contribution is 7.14. The Kier molecular flexibility index (Phi) is 6.16. The zero-order valence-electron chi connectivity index (χ0n) is 19.3. The molecule has 2 unspecified atom stereocenters. The van der Waals surface area contributed by atoms with Crippen LogP contribution in [0.3, 0.4) is 0 Å². The van der Waals surface area contributed by atoms with Gasteiger partial charge in [-0.05, 0) is 58.0 Å². The number of anilines is 2. The lowest BCUT2D eigenvalue weighted by Crippen LogP contribution is -2.42. The van der Waals surface area contributed by atoms with Crippen LogP contribution in [0.5, 0.6) is 0 Å². The Hall–Kier alpha value is -3.50. The second-order valence-corrected chi connectivity index (χ2v) is 9.82. The summed E-state index contributed by atoms with van der Waals surface area (Å²) >= 11 is 1.53. The molecule has 1 amide bonds. The van der Waals surface area contributed by atoms with Crippen LogP contribution < -0.4 is 10.6 Å². The molecule has 2 atom stereocenters. The summed E-state index contributed by atoms with van der Waals surface area (Å²) in [6, 6.07) is 10.1. The smallest absolute Gasteiger partial charge is 0.258 e. The first-order chi connectivity index (χ1) is 16.5. The van der Waals surface area contributed by atoms with Crippen LogP contribution in [0.15, 0.2) is 42.7 Å². The van der Waals surface area contributed by atoms with E-state index >= 15 is 0 Å². The van der Waals surface area contributed by atoms with Crippen LogP contribution in [-0.4, -0.2) is 61.6 Å². The molecule has 1 saturated heterocycles. The van der Waals surface area contributed by atoms with Gasteiger partial charge in [0, 0.05) is 47.5 Å². The molecular formula is C24H26N8OS. The molecular weight excluding hydrogens is 448 g/mol. The minimum atomic E-state index is -0.281. The van der Waals surface area contributed by atoms with Gasteiger partial charge in [-0.15, -0.1) is 10.2 Å². The fourth-order valence-electron chi connectivity index (χ4n) is 4.13. The molecule has 4 aromatic rings. The fourth-order valence-corrected chi connectivity index (χ4v) is 4.82. The third-order valence-corrected chi connectivity index (χ3v) is 7.07. The van der Waals surface area contributed by atoms with Crippen molar-refractivity contribution < 1.29 is 4.79 Å². The Balaban J connectivity index is 1.52. The minimum absolute atomic E-state index is 0.253. The molecule has 9 nitrogen and oxygen atoms in total. The van der Waals surface area contributed by atoms with Crippen LogP contribution in [0.25, 0.3) is 21.5 Å². The quantitative estimate of drug-likeness (QED) is 0.447. The number of amides is 1. The summed E-state index contributed by atoms with van der Waals surface area (Å²) in [5, 5.41) is 17.5. The van der Waals surface area contributed by atoms with E-state index in [-0.39, 0.29) is 11.9 Å². The molecule has 1 aromatic carbocycles. The Morgan fingerprint density at radius 2 is 1.97 bits per heavy atom. The van der Waals surface area contributed by atoms with Gasteiger partial charge in [0.1, 0.15) is 15.8 Å². The number of piperidine rings is 1. The van der Waals surface area contributed by atoms with E-state index in [9.17, 15) is 4.79 Å². The SMILES string of the molecule is Cc1nnc(-c2ccc3c(NC4CCN(C)C(C)C4)nc(NC(=O)c4ccncc4)nc3c2)s1. The van der Waals surface area contributed by atoms with Crippen molar-refractivity contribution in [2.24, 2.45) is 0 Å². The Morgan fingerprint density at radius 3 is 2.71 bits per heavy atom. The molecule has 5 rings (SSSR count). The lowest BCUT2D eigenvalue weighted by atomic mass is 9.99. The van der Waals surface area contributed by atoms with Crippen molar-refractivity contribution in [3.63, 3.8) is 0 Å². The second-order valence-electron chi connectivity index (χ2n) is 8.64. The predicted octanol–water partition coefficient (Wildman–Crippen LogP) is 4.00. The number of nitrogens with one attached hydrogen (secondary N) is 2. The molecule has 34 heavy (non-hydrogen) atoms. The molecule has 3 aromatic heterocycles. The number of nitrogens with zero attached hydrogens (tertiary/aromatic N) is 6. The van der Waals surface area contributed by atoms with E-state index in [1.165, 1.54) is 11.3 Å². The number of likely N-dealkylation sites (tertiary alicyclic amines) is 1. The molecule has 0 aliphatic carbocycles. The van der Waals surface area contributed by atoms with E-state index in [0.29, 0.717) is 17.6 Å². The molecule has 0 saturated carbocycles. The number of carbonyl (C=O) groups excluding carboxylic acids is 1. The van der Waals surface area contributed by atoms with Crippen LogP contribution in [0.4, 0.5) is 11.8 Å². The lowest BCUT2D eigenvalue weighted by molar-refractivity contribution is 0.102. The molecule has 1 fully saturated rings. The number of hydrogen-bond donors (Lipinski definition) is 2. The zero-order valence-corrected chi connectivity index (χ0v) is 20.1. The molecule has 10 heteroatoms. The number of carbonyl (C=O) groups is 1. The topological polar surface area (TPSA) is 109 Å². The fraction of sp³-hybridized carbons (Fsp3) is 0.333. The van der Waals surface area contributed by atoms with Crippen molar-refractivity contribution in [2.75, 3.05) is 24.2 Å². The van der Waals surface area contributed by atoms with Gasteiger partial charge < -0.3 is 10.2 Å². The van der Waals surface area contributed by atoms with Gasteiger partial charge in [-0.2, -0.15) is 4.98 Å². The van der Waals surface area contributed by atoms with Crippen LogP contribution >= 0.6 is 11.3 Å². The highest BCUT2D eigenvalue weighted by atomic mass is 32.1. The van der Waals surface area contributed by atoms with Crippen LogP contribution in [0.2, 0.25) is 0 Å². The Labute approximate surface area is 201 Å². The Bertz CT molecular complexity index is 1330. The number of pyridine rings is 1. The first kappa shape index (κ1) is 22.3. The minimum Gasteiger partial charge on any atom is -0.367 e. The summed E-state index contributed by atoms with van der Waals surface area (Å²) in [5.74, 6) is 0.691. The van der Waals surface area contributed by atoms with Gasteiger partial charge in [0.15, 0.2) is 0 Å². The monoisotopic (exact) mass is 474 g/mol.